The van der Waals surface area contributed by atoms with Crippen molar-refractivity contribution >= 4 is 0 Å². The Labute approximate surface area is 105 Å². The molecule has 0 saturated carbocycles. The van der Waals surface area contributed by atoms with Crippen molar-refractivity contribution in [1.82, 2.24) is 14.7 Å². The van der Waals surface area contributed by atoms with Gasteiger partial charge in [-0.1, -0.05) is 6.92 Å². The van der Waals surface area contributed by atoms with Crippen LogP contribution < -0.4 is 5.73 Å². The summed E-state index contributed by atoms with van der Waals surface area (Å²) in [7, 11) is 0. The van der Waals surface area contributed by atoms with Crippen LogP contribution in [0.4, 0.5) is 0 Å². The average molecular weight is 238 g/mol. The molecule has 0 bridgehead atoms. The van der Waals surface area contributed by atoms with E-state index in [1.165, 1.54) is 0 Å². The molecule has 1 aromatic heterocycles. The minimum Gasteiger partial charge on any atom is -0.329 e. The zero-order valence-electron chi connectivity index (χ0n) is 11.6. The molecule has 1 atom stereocenters. The minimum absolute atomic E-state index is 0.478. The first-order chi connectivity index (χ1) is 8.08. The lowest BCUT2D eigenvalue weighted by Gasteiger charge is -2.24. The van der Waals surface area contributed by atoms with E-state index in [2.05, 4.69) is 54.6 Å². The van der Waals surface area contributed by atoms with Crippen LogP contribution in [0.25, 0.3) is 0 Å². The van der Waals surface area contributed by atoms with Crippen LogP contribution in [0.1, 0.15) is 45.9 Å². The molecule has 98 valence electrons. The summed E-state index contributed by atoms with van der Waals surface area (Å²) in [5.41, 5.74) is 6.76. The summed E-state index contributed by atoms with van der Waals surface area (Å²) < 4.78 is 2.05. The normalized spacial score (nSPS) is 13.6. The fourth-order valence-electron chi connectivity index (χ4n) is 1.79. The predicted octanol–water partition coefficient (Wildman–Crippen LogP) is 2.02. The first-order valence-electron chi connectivity index (χ1n) is 6.56. The van der Waals surface area contributed by atoms with E-state index in [1.54, 1.807) is 0 Å². The smallest absolute Gasteiger partial charge is 0.0765 e. The maximum atomic E-state index is 5.63. The Morgan fingerprint density at radius 2 is 2.12 bits per heavy atom. The monoisotopic (exact) mass is 238 g/mol. The highest BCUT2D eigenvalue weighted by atomic mass is 15.3. The zero-order chi connectivity index (χ0) is 12.8. The first-order valence-corrected chi connectivity index (χ1v) is 6.56. The molecular formula is C13H26N4. The minimum atomic E-state index is 0.478. The van der Waals surface area contributed by atoms with Crippen LogP contribution in [-0.2, 0) is 6.54 Å². The Morgan fingerprint density at radius 1 is 1.41 bits per heavy atom. The molecule has 17 heavy (non-hydrogen) atoms. The summed E-state index contributed by atoms with van der Waals surface area (Å²) in [6.07, 6.45) is 3.18. The molecule has 0 aromatic carbocycles. The van der Waals surface area contributed by atoms with Crippen molar-refractivity contribution in [2.24, 2.45) is 5.73 Å². The highest BCUT2D eigenvalue weighted by Crippen LogP contribution is 2.11. The number of nitrogens with two attached hydrogens (primary N) is 1. The number of rotatable bonds is 7. The molecule has 0 aliphatic carbocycles. The summed E-state index contributed by atoms with van der Waals surface area (Å²) in [6, 6.07) is 3.09. The summed E-state index contributed by atoms with van der Waals surface area (Å²) in [6.45, 7) is 11.3. The largest absolute Gasteiger partial charge is 0.329 e. The summed E-state index contributed by atoms with van der Waals surface area (Å²) >= 11 is 0. The summed E-state index contributed by atoms with van der Waals surface area (Å²) in [5, 5.41) is 4.62. The van der Waals surface area contributed by atoms with Gasteiger partial charge in [0.15, 0.2) is 0 Å². The number of hydrogen-bond donors (Lipinski definition) is 1. The van der Waals surface area contributed by atoms with Crippen molar-refractivity contribution in [3.8, 4) is 0 Å². The van der Waals surface area contributed by atoms with Gasteiger partial charge in [-0.05, 0) is 33.3 Å². The van der Waals surface area contributed by atoms with Crippen molar-refractivity contribution in [3.63, 3.8) is 0 Å². The Kier molecular flexibility index (Phi) is 5.65. The van der Waals surface area contributed by atoms with E-state index in [4.69, 9.17) is 5.73 Å². The highest BCUT2D eigenvalue weighted by Gasteiger charge is 2.11. The van der Waals surface area contributed by atoms with E-state index >= 15 is 0 Å². The van der Waals surface area contributed by atoms with Crippen molar-refractivity contribution in [3.05, 3.63) is 18.0 Å². The third-order valence-corrected chi connectivity index (χ3v) is 3.22. The van der Waals surface area contributed by atoms with Gasteiger partial charge < -0.3 is 5.73 Å². The van der Waals surface area contributed by atoms with Gasteiger partial charge in [-0.3, -0.25) is 9.58 Å². The zero-order valence-corrected chi connectivity index (χ0v) is 11.6. The molecule has 0 aliphatic rings. The van der Waals surface area contributed by atoms with E-state index in [-0.39, 0.29) is 0 Å². The van der Waals surface area contributed by atoms with Crippen LogP contribution in [0.3, 0.4) is 0 Å². The summed E-state index contributed by atoms with van der Waals surface area (Å²) in [5.74, 6) is 0. The molecular weight excluding hydrogens is 212 g/mol. The van der Waals surface area contributed by atoms with Gasteiger partial charge >= 0.3 is 0 Å². The van der Waals surface area contributed by atoms with Gasteiger partial charge in [-0.2, -0.15) is 5.10 Å². The van der Waals surface area contributed by atoms with Crippen molar-refractivity contribution in [1.29, 1.82) is 0 Å². The first kappa shape index (κ1) is 14.2. The Morgan fingerprint density at radius 3 is 2.65 bits per heavy atom. The molecule has 0 saturated heterocycles. The lowest BCUT2D eigenvalue weighted by Crippen LogP contribution is -2.34. The molecule has 0 radical (unpaired) electrons. The number of hydrogen-bond acceptors (Lipinski definition) is 3. The van der Waals surface area contributed by atoms with E-state index in [1.807, 2.05) is 0 Å². The quantitative estimate of drug-likeness (QED) is 0.790. The standard InChI is InChI=1S/C13H26N4/c1-5-12(4)17-8-6-13(15-17)10-16(9-7-14)11(2)3/h6,8,11-12H,5,7,9-10,14H2,1-4H3. The molecule has 2 N–H and O–H groups in total. The predicted molar refractivity (Wildman–Crippen MR) is 71.8 cm³/mol. The Hall–Kier alpha value is -0.870. The maximum absolute atomic E-state index is 5.63. The van der Waals surface area contributed by atoms with Crippen molar-refractivity contribution < 1.29 is 0 Å². The number of aromatic nitrogens is 2. The van der Waals surface area contributed by atoms with E-state index in [0.717, 1.165) is 25.2 Å². The molecule has 4 heteroatoms. The molecule has 1 rings (SSSR count). The van der Waals surface area contributed by atoms with E-state index in [0.29, 0.717) is 18.6 Å². The van der Waals surface area contributed by atoms with E-state index in [9.17, 15) is 0 Å². The van der Waals surface area contributed by atoms with Gasteiger partial charge in [-0.25, -0.2) is 0 Å². The molecule has 0 aliphatic heterocycles. The van der Waals surface area contributed by atoms with Crippen LogP contribution in [0, 0.1) is 0 Å². The second-order valence-corrected chi connectivity index (χ2v) is 4.90. The lowest BCUT2D eigenvalue weighted by atomic mass is 10.3. The average Bonchev–Trinajstić information content (AvgIpc) is 2.76. The number of nitrogens with zero attached hydrogens (tertiary/aromatic N) is 3. The van der Waals surface area contributed by atoms with Crippen LogP contribution in [0.2, 0.25) is 0 Å². The SMILES string of the molecule is CCC(C)n1ccc(CN(CCN)C(C)C)n1. The van der Waals surface area contributed by atoms with Crippen molar-refractivity contribution in [2.75, 3.05) is 13.1 Å². The van der Waals surface area contributed by atoms with Gasteiger partial charge in [0.05, 0.1) is 5.69 Å². The van der Waals surface area contributed by atoms with Crippen LogP contribution >= 0.6 is 0 Å². The van der Waals surface area contributed by atoms with Gasteiger partial charge in [0.2, 0.25) is 0 Å². The Balaban J connectivity index is 2.63. The van der Waals surface area contributed by atoms with Crippen molar-refractivity contribution in [2.45, 2.75) is 52.7 Å². The molecule has 1 unspecified atom stereocenters. The van der Waals surface area contributed by atoms with Gasteiger partial charge in [0.1, 0.15) is 0 Å². The van der Waals surface area contributed by atoms with Crippen LogP contribution in [0.15, 0.2) is 12.3 Å². The Bertz CT molecular complexity index is 319. The highest BCUT2D eigenvalue weighted by molar-refractivity contribution is 5.00. The molecule has 4 nitrogen and oxygen atoms in total. The molecule has 0 fully saturated rings. The lowest BCUT2D eigenvalue weighted by molar-refractivity contribution is 0.215. The fourth-order valence-corrected chi connectivity index (χ4v) is 1.79. The molecule has 0 spiro atoms. The topological polar surface area (TPSA) is 47.1 Å². The maximum Gasteiger partial charge on any atom is 0.0765 e. The van der Waals surface area contributed by atoms with Gasteiger partial charge in [-0.15, -0.1) is 0 Å². The van der Waals surface area contributed by atoms with Gasteiger partial charge in [0, 0.05) is 37.9 Å². The third kappa shape index (κ3) is 4.13. The molecule has 1 heterocycles. The fraction of sp³-hybridized carbons (Fsp3) is 0.769. The molecule has 0 amide bonds. The molecule has 1 aromatic rings. The van der Waals surface area contributed by atoms with Gasteiger partial charge in [0.25, 0.3) is 0 Å². The van der Waals surface area contributed by atoms with E-state index < -0.39 is 0 Å². The van der Waals surface area contributed by atoms with Crippen LogP contribution in [-0.4, -0.2) is 33.8 Å². The third-order valence-electron chi connectivity index (χ3n) is 3.22. The summed E-state index contributed by atoms with van der Waals surface area (Å²) in [4.78, 5) is 2.35. The van der Waals surface area contributed by atoms with Crippen LogP contribution in [0.5, 0.6) is 0 Å². The second kappa shape index (κ2) is 6.77. The second-order valence-electron chi connectivity index (χ2n) is 4.90.